The van der Waals surface area contributed by atoms with Crippen LogP contribution in [0.3, 0.4) is 0 Å². The zero-order valence-electron chi connectivity index (χ0n) is 15.3. The van der Waals surface area contributed by atoms with E-state index in [2.05, 4.69) is 50.2 Å². The van der Waals surface area contributed by atoms with E-state index in [4.69, 9.17) is 9.73 Å². The largest absolute Gasteiger partial charge is 0.373 e. The molecular formula is C17H35IN4O. The van der Waals surface area contributed by atoms with E-state index in [-0.39, 0.29) is 24.0 Å². The Labute approximate surface area is 159 Å². The molecule has 0 spiro atoms. The minimum Gasteiger partial charge on any atom is -0.373 e. The Kier molecular flexibility index (Phi) is 9.15. The smallest absolute Gasteiger partial charge is 0.191 e. The predicted octanol–water partition coefficient (Wildman–Crippen LogP) is 2.60. The van der Waals surface area contributed by atoms with Crippen molar-refractivity contribution < 1.29 is 4.74 Å². The summed E-state index contributed by atoms with van der Waals surface area (Å²) in [7, 11) is 0. The first-order chi connectivity index (χ1) is 10.5. The number of fused-ring (bicyclic) bond motifs is 2. The molecule has 2 rings (SSSR count). The fraction of sp³-hybridized carbons (Fsp3) is 0.941. The van der Waals surface area contributed by atoms with Gasteiger partial charge in [-0.15, -0.1) is 24.0 Å². The molecular weight excluding hydrogens is 403 g/mol. The number of nitrogens with one attached hydrogen (secondary N) is 2. The van der Waals surface area contributed by atoms with Gasteiger partial charge in [0.05, 0.1) is 24.8 Å². The Morgan fingerprint density at radius 1 is 1.22 bits per heavy atom. The molecule has 2 aliphatic rings. The lowest BCUT2D eigenvalue weighted by atomic mass is 9.96. The molecule has 2 saturated heterocycles. The minimum atomic E-state index is 0. The zero-order valence-corrected chi connectivity index (χ0v) is 17.7. The normalized spacial score (nSPS) is 27.0. The first-order valence-corrected chi connectivity index (χ1v) is 8.97. The van der Waals surface area contributed by atoms with E-state index in [1.165, 1.54) is 12.8 Å². The van der Waals surface area contributed by atoms with Crippen molar-refractivity contribution in [2.75, 3.05) is 19.6 Å². The van der Waals surface area contributed by atoms with E-state index in [0.29, 0.717) is 30.3 Å². The summed E-state index contributed by atoms with van der Waals surface area (Å²) in [4.78, 5) is 7.24. The van der Waals surface area contributed by atoms with Crippen LogP contribution in [-0.4, -0.2) is 60.8 Å². The van der Waals surface area contributed by atoms with Crippen molar-refractivity contribution in [3.63, 3.8) is 0 Å². The number of hydrogen-bond acceptors (Lipinski definition) is 3. The molecule has 2 N–H and O–H groups in total. The molecule has 2 fully saturated rings. The highest BCUT2D eigenvalue weighted by atomic mass is 127. The third-order valence-corrected chi connectivity index (χ3v) is 4.73. The van der Waals surface area contributed by atoms with Crippen molar-refractivity contribution in [2.24, 2.45) is 4.99 Å². The lowest BCUT2D eigenvalue weighted by molar-refractivity contribution is 0.0992. The van der Waals surface area contributed by atoms with Crippen LogP contribution < -0.4 is 10.6 Å². The van der Waals surface area contributed by atoms with E-state index in [0.717, 1.165) is 32.0 Å². The second kappa shape index (κ2) is 10.0. The van der Waals surface area contributed by atoms with Gasteiger partial charge in [-0.3, -0.25) is 9.89 Å². The lowest BCUT2D eigenvalue weighted by Crippen LogP contribution is -2.47. The summed E-state index contributed by atoms with van der Waals surface area (Å²) < 4.78 is 5.92. The molecule has 6 heteroatoms. The lowest BCUT2D eigenvalue weighted by Gasteiger charge is -2.30. The molecule has 0 amide bonds. The molecule has 0 radical (unpaired) electrons. The molecule has 136 valence electrons. The number of hydrogen-bond donors (Lipinski definition) is 2. The molecule has 0 aromatic rings. The van der Waals surface area contributed by atoms with E-state index >= 15 is 0 Å². The van der Waals surface area contributed by atoms with E-state index in [1.54, 1.807) is 0 Å². The quantitative estimate of drug-likeness (QED) is 0.365. The number of aliphatic imine (C=N–C) groups is 1. The first kappa shape index (κ1) is 21.0. The third-order valence-electron chi connectivity index (χ3n) is 4.73. The van der Waals surface area contributed by atoms with Crippen LogP contribution in [0.25, 0.3) is 0 Å². The maximum Gasteiger partial charge on any atom is 0.191 e. The molecule has 0 aromatic heterocycles. The number of rotatable bonds is 7. The molecule has 2 bridgehead atoms. The second-order valence-corrected chi connectivity index (χ2v) is 7.05. The van der Waals surface area contributed by atoms with Crippen LogP contribution in [0.2, 0.25) is 0 Å². The van der Waals surface area contributed by atoms with Gasteiger partial charge in [0.1, 0.15) is 0 Å². The zero-order chi connectivity index (χ0) is 16.1. The van der Waals surface area contributed by atoms with Gasteiger partial charge < -0.3 is 15.4 Å². The monoisotopic (exact) mass is 438 g/mol. The highest BCUT2D eigenvalue weighted by Crippen LogP contribution is 2.34. The van der Waals surface area contributed by atoms with Crippen molar-refractivity contribution in [2.45, 2.75) is 84.2 Å². The topological polar surface area (TPSA) is 48.9 Å². The van der Waals surface area contributed by atoms with Crippen LogP contribution in [-0.2, 0) is 4.74 Å². The summed E-state index contributed by atoms with van der Waals surface area (Å²) in [6.45, 7) is 13.8. The van der Waals surface area contributed by atoms with Crippen molar-refractivity contribution >= 4 is 29.9 Å². The van der Waals surface area contributed by atoms with Crippen LogP contribution in [0, 0.1) is 0 Å². The molecule has 2 aliphatic heterocycles. The highest BCUT2D eigenvalue weighted by molar-refractivity contribution is 14.0. The van der Waals surface area contributed by atoms with Crippen molar-refractivity contribution in [1.29, 1.82) is 0 Å². The van der Waals surface area contributed by atoms with Crippen LogP contribution >= 0.6 is 24.0 Å². The molecule has 5 nitrogen and oxygen atoms in total. The van der Waals surface area contributed by atoms with Gasteiger partial charge in [0, 0.05) is 25.2 Å². The summed E-state index contributed by atoms with van der Waals surface area (Å²) in [5.41, 5.74) is 0. The summed E-state index contributed by atoms with van der Waals surface area (Å²) in [6, 6.07) is 1.55. The van der Waals surface area contributed by atoms with Crippen LogP contribution in [0.5, 0.6) is 0 Å². The van der Waals surface area contributed by atoms with Gasteiger partial charge in [0.15, 0.2) is 5.96 Å². The molecule has 23 heavy (non-hydrogen) atoms. The highest BCUT2D eigenvalue weighted by Gasteiger charge is 2.41. The van der Waals surface area contributed by atoms with E-state index in [1.807, 2.05) is 0 Å². The predicted molar refractivity (Wildman–Crippen MR) is 108 cm³/mol. The summed E-state index contributed by atoms with van der Waals surface area (Å²) >= 11 is 0. The van der Waals surface area contributed by atoms with Crippen molar-refractivity contribution in [3.05, 3.63) is 0 Å². The van der Waals surface area contributed by atoms with E-state index < -0.39 is 0 Å². The van der Waals surface area contributed by atoms with Gasteiger partial charge in [-0.2, -0.15) is 0 Å². The summed E-state index contributed by atoms with van der Waals surface area (Å²) in [5, 5.41) is 6.94. The van der Waals surface area contributed by atoms with Crippen molar-refractivity contribution in [3.8, 4) is 0 Å². The summed E-state index contributed by atoms with van der Waals surface area (Å²) in [5.74, 6) is 0.941. The second-order valence-electron chi connectivity index (χ2n) is 7.05. The molecule has 3 unspecified atom stereocenters. The van der Waals surface area contributed by atoms with Gasteiger partial charge >= 0.3 is 0 Å². The van der Waals surface area contributed by atoms with Crippen LogP contribution in [0.15, 0.2) is 4.99 Å². The molecule has 2 heterocycles. The first-order valence-electron chi connectivity index (χ1n) is 8.97. The number of ether oxygens (including phenoxy) is 1. The fourth-order valence-electron chi connectivity index (χ4n) is 3.68. The Morgan fingerprint density at radius 2 is 1.91 bits per heavy atom. The number of halogens is 1. The Morgan fingerprint density at radius 3 is 2.39 bits per heavy atom. The van der Waals surface area contributed by atoms with Crippen molar-refractivity contribution in [1.82, 2.24) is 15.5 Å². The van der Waals surface area contributed by atoms with Gasteiger partial charge in [0.25, 0.3) is 0 Å². The van der Waals surface area contributed by atoms with E-state index in [9.17, 15) is 0 Å². The molecule has 3 atom stereocenters. The SMILES string of the molecule is CCNC(=NCCN(C(C)C)C(C)C)NC1CC2CCC1O2.I. The maximum absolute atomic E-state index is 5.92. The fourth-order valence-corrected chi connectivity index (χ4v) is 3.68. The van der Waals surface area contributed by atoms with Crippen LogP contribution in [0.1, 0.15) is 53.9 Å². The number of nitrogens with zero attached hydrogens (tertiary/aromatic N) is 2. The summed E-state index contributed by atoms with van der Waals surface area (Å²) in [6.07, 6.45) is 4.41. The molecule has 0 aromatic carbocycles. The Balaban J connectivity index is 0.00000264. The van der Waals surface area contributed by atoms with Gasteiger partial charge in [-0.25, -0.2) is 0 Å². The maximum atomic E-state index is 5.92. The van der Waals surface area contributed by atoms with Gasteiger partial charge in [0.2, 0.25) is 0 Å². The molecule has 0 saturated carbocycles. The Hall–Kier alpha value is -0.0800. The number of guanidine groups is 1. The third kappa shape index (κ3) is 6.05. The van der Waals surface area contributed by atoms with Crippen LogP contribution in [0.4, 0.5) is 0 Å². The minimum absolute atomic E-state index is 0. The Bertz CT molecular complexity index is 368. The average molecular weight is 438 g/mol. The molecule has 0 aliphatic carbocycles. The average Bonchev–Trinajstić information content (AvgIpc) is 3.05. The van der Waals surface area contributed by atoms with Gasteiger partial charge in [-0.1, -0.05) is 0 Å². The standard InChI is InChI=1S/C17H34N4O.HI/c1-6-18-17(19-9-10-21(12(2)3)13(4)5)20-15-11-14-7-8-16(15)22-14;/h12-16H,6-11H2,1-5H3,(H2,18,19,20);1H. The van der Waals surface area contributed by atoms with Gasteiger partial charge in [-0.05, 0) is 53.9 Å².